The van der Waals surface area contributed by atoms with Crippen molar-refractivity contribution in [2.45, 2.75) is 57.9 Å². The lowest BCUT2D eigenvalue weighted by molar-refractivity contribution is 0.0961. The zero-order valence-electron chi connectivity index (χ0n) is 17.5. The molecule has 2 aliphatic heterocycles. The average Bonchev–Trinajstić information content (AvgIpc) is 2.74. The van der Waals surface area contributed by atoms with Crippen molar-refractivity contribution in [2.24, 2.45) is 5.92 Å². The van der Waals surface area contributed by atoms with Gasteiger partial charge in [-0.1, -0.05) is 48.9 Å². The third-order valence-electron chi connectivity index (χ3n) is 6.61. The van der Waals surface area contributed by atoms with Gasteiger partial charge in [-0.25, -0.2) is 0 Å². The summed E-state index contributed by atoms with van der Waals surface area (Å²) < 4.78 is 0. The Labute approximate surface area is 175 Å². The van der Waals surface area contributed by atoms with E-state index in [4.69, 9.17) is 0 Å². The summed E-state index contributed by atoms with van der Waals surface area (Å²) in [5.41, 5.74) is 4.84. The fourth-order valence-electron chi connectivity index (χ4n) is 4.73. The van der Waals surface area contributed by atoms with Gasteiger partial charge in [0.2, 0.25) is 0 Å². The zero-order valence-corrected chi connectivity index (χ0v) is 17.5. The smallest absolute Gasteiger partial charge is 0.162 e. The van der Waals surface area contributed by atoms with Gasteiger partial charge in [-0.05, 0) is 74.7 Å². The number of hydrogen-bond donors (Lipinski definition) is 1. The largest absolute Gasteiger partial charge is 0.385 e. The Morgan fingerprint density at radius 2 is 1.83 bits per heavy atom. The molecule has 4 rings (SSSR count). The standard InChI is InChI=1S/C26H34N2O/c29-26(24-12-11-23-9-5-2-6-16-27-25(23)19-24)13-10-21-14-17-28(18-15-21)20-22-7-3-1-4-8-22/h1,3-4,7-8,11-12,19,21,27H,2,5-6,9-10,13-18,20H2. The Kier molecular flexibility index (Phi) is 7.00. The Balaban J connectivity index is 1.24. The number of nitrogens with one attached hydrogen (secondary N) is 1. The molecule has 2 aromatic rings. The van der Waals surface area contributed by atoms with E-state index in [2.05, 4.69) is 52.7 Å². The molecule has 0 amide bonds. The third-order valence-corrected chi connectivity index (χ3v) is 6.61. The lowest BCUT2D eigenvalue weighted by atomic mass is 9.90. The number of benzene rings is 2. The minimum atomic E-state index is 0.309. The van der Waals surface area contributed by atoms with Gasteiger partial charge in [-0.2, -0.15) is 0 Å². The van der Waals surface area contributed by atoms with Crippen LogP contribution in [0.3, 0.4) is 0 Å². The van der Waals surface area contributed by atoms with Gasteiger partial charge in [0.05, 0.1) is 0 Å². The molecule has 0 unspecified atom stereocenters. The summed E-state index contributed by atoms with van der Waals surface area (Å²) in [6.07, 6.45) is 9.03. The van der Waals surface area contributed by atoms with Crippen LogP contribution in [0.2, 0.25) is 0 Å². The number of carbonyl (C=O) groups excluding carboxylic acids is 1. The molecule has 0 aliphatic carbocycles. The van der Waals surface area contributed by atoms with Crippen LogP contribution in [0.5, 0.6) is 0 Å². The van der Waals surface area contributed by atoms with E-state index in [-0.39, 0.29) is 0 Å². The zero-order chi connectivity index (χ0) is 19.9. The van der Waals surface area contributed by atoms with Gasteiger partial charge in [0.25, 0.3) is 0 Å². The Morgan fingerprint density at radius 1 is 1.00 bits per heavy atom. The number of nitrogens with zero attached hydrogens (tertiary/aromatic N) is 1. The first kappa shape index (κ1) is 20.2. The van der Waals surface area contributed by atoms with Crippen LogP contribution in [0, 0.1) is 5.92 Å². The number of piperidine rings is 1. The van der Waals surface area contributed by atoms with Crippen molar-refractivity contribution in [3.8, 4) is 0 Å². The van der Waals surface area contributed by atoms with E-state index in [9.17, 15) is 4.79 Å². The average molecular weight is 391 g/mol. The first-order valence-electron chi connectivity index (χ1n) is 11.4. The number of rotatable bonds is 6. The summed E-state index contributed by atoms with van der Waals surface area (Å²) >= 11 is 0. The summed E-state index contributed by atoms with van der Waals surface area (Å²) in [6.45, 7) is 4.37. The van der Waals surface area contributed by atoms with Crippen LogP contribution < -0.4 is 5.32 Å². The van der Waals surface area contributed by atoms with E-state index in [1.807, 2.05) is 6.07 Å². The molecule has 2 aliphatic rings. The molecule has 2 heterocycles. The molecule has 0 saturated carbocycles. The maximum Gasteiger partial charge on any atom is 0.162 e. The highest BCUT2D eigenvalue weighted by Gasteiger charge is 2.20. The van der Waals surface area contributed by atoms with Crippen molar-refractivity contribution in [1.82, 2.24) is 4.90 Å². The lowest BCUT2D eigenvalue weighted by Gasteiger charge is -2.32. The molecule has 0 atom stereocenters. The van der Waals surface area contributed by atoms with Gasteiger partial charge in [0.15, 0.2) is 5.78 Å². The van der Waals surface area contributed by atoms with Crippen LogP contribution in [-0.4, -0.2) is 30.3 Å². The minimum absolute atomic E-state index is 0.309. The molecule has 2 aromatic carbocycles. The molecule has 1 saturated heterocycles. The molecule has 29 heavy (non-hydrogen) atoms. The van der Waals surface area contributed by atoms with Gasteiger partial charge in [-0.3, -0.25) is 9.69 Å². The van der Waals surface area contributed by atoms with Crippen molar-refractivity contribution in [3.63, 3.8) is 0 Å². The maximum atomic E-state index is 12.8. The fourth-order valence-corrected chi connectivity index (χ4v) is 4.73. The number of aryl methyl sites for hydroxylation is 1. The molecule has 0 bridgehead atoms. The van der Waals surface area contributed by atoms with Crippen molar-refractivity contribution in [3.05, 3.63) is 65.2 Å². The molecule has 0 aromatic heterocycles. The van der Waals surface area contributed by atoms with Crippen LogP contribution in [0.15, 0.2) is 48.5 Å². The molecule has 0 spiro atoms. The number of anilines is 1. The quantitative estimate of drug-likeness (QED) is 0.642. The Hall–Kier alpha value is -2.13. The van der Waals surface area contributed by atoms with Crippen LogP contribution >= 0.6 is 0 Å². The summed E-state index contributed by atoms with van der Waals surface area (Å²) in [5, 5.41) is 3.53. The summed E-state index contributed by atoms with van der Waals surface area (Å²) in [5.74, 6) is 0.997. The number of likely N-dealkylation sites (tertiary alicyclic amines) is 1. The highest BCUT2D eigenvalue weighted by Crippen LogP contribution is 2.26. The van der Waals surface area contributed by atoms with Crippen molar-refractivity contribution in [2.75, 3.05) is 25.0 Å². The molecule has 0 radical (unpaired) electrons. The Morgan fingerprint density at radius 3 is 2.66 bits per heavy atom. The van der Waals surface area contributed by atoms with E-state index < -0.39 is 0 Å². The second-order valence-electron chi connectivity index (χ2n) is 8.78. The third kappa shape index (κ3) is 5.70. The SMILES string of the molecule is O=C(CCC1CCN(Cc2ccccc2)CC1)c1ccc2c(c1)NCCCCC2. The molecule has 154 valence electrons. The van der Waals surface area contributed by atoms with Crippen molar-refractivity contribution >= 4 is 11.5 Å². The minimum Gasteiger partial charge on any atom is -0.385 e. The summed E-state index contributed by atoms with van der Waals surface area (Å²) in [7, 11) is 0. The van der Waals surface area contributed by atoms with Gasteiger partial charge < -0.3 is 5.32 Å². The number of carbonyl (C=O) groups is 1. The van der Waals surface area contributed by atoms with Gasteiger partial charge in [-0.15, -0.1) is 0 Å². The summed E-state index contributed by atoms with van der Waals surface area (Å²) in [4.78, 5) is 15.3. The van der Waals surface area contributed by atoms with E-state index >= 15 is 0 Å². The van der Waals surface area contributed by atoms with Crippen molar-refractivity contribution < 1.29 is 4.79 Å². The highest BCUT2D eigenvalue weighted by atomic mass is 16.1. The normalized spacial score (nSPS) is 18.3. The lowest BCUT2D eigenvalue weighted by Crippen LogP contribution is -2.33. The Bertz CT molecular complexity index is 794. The molecule has 3 heteroatoms. The number of Topliss-reactive ketones (excluding diaryl/α,β-unsaturated/α-hetero) is 1. The highest BCUT2D eigenvalue weighted by molar-refractivity contribution is 5.97. The molecule has 1 N–H and O–H groups in total. The topological polar surface area (TPSA) is 32.3 Å². The molecular formula is C26H34N2O. The first-order valence-corrected chi connectivity index (χ1v) is 11.4. The van der Waals surface area contributed by atoms with Gasteiger partial charge in [0.1, 0.15) is 0 Å². The first-order chi connectivity index (χ1) is 14.3. The van der Waals surface area contributed by atoms with E-state index in [1.165, 1.54) is 48.9 Å². The fraction of sp³-hybridized carbons (Fsp3) is 0.500. The van der Waals surface area contributed by atoms with Crippen LogP contribution in [0.25, 0.3) is 0 Å². The second kappa shape index (κ2) is 10.1. The number of fused-ring (bicyclic) bond motifs is 1. The van der Waals surface area contributed by atoms with Crippen molar-refractivity contribution in [1.29, 1.82) is 0 Å². The van der Waals surface area contributed by atoms with Crippen LogP contribution in [-0.2, 0) is 13.0 Å². The maximum absolute atomic E-state index is 12.8. The van der Waals surface area contributed by atoms with E-state index in [0.29, 0.717) is 18.1 Å². The van der Waals surface area contributed by atoms with Crippen LogP contribution in [0.1, 0.15) is 66.4 Å². The predicted octanol–water partition coefficient (Wildman–Crippen LogP) is 5.70. The van der Waals surface area contributed by atoms with E-state index in [1.54, 1.807) is 0 Å². The number of ketones is 1. The van der Waals surface area contributed by atoms with Gasteiger partial charge in [0, 0.05) is 30.8 Å². The second-order valence-corrected chi connectivity index (χ2v) is 8.78. The van der Waals surface area contributed by atoms with Crippen LogP contribution in [0.4, 0.5) is 5.69 Å². The molecule has 3 nitrogen and oxygen atoms in total. The monoisotopic (exact) mass is 390 g/mol. The van der Waals surface area contributed by atoms with E-state index in [0.717, 1.165) is 44.6 Å². The summed E-state index contributed by atoms with van der Waals surface area (Å²) in [6, 6.07) is 17.1. The molecular weight excluding hydrogens is 356 g/mol. The predicted molar refractivity (Wildman–Crippen MR) is 120 cm³/mol. The van der Waals surface area contributed by atoms with Gasteiger partial charge >= 0.3 is 0 Å². The molecule has 1 fully saturated rings. The number of hydrogen-bond acceptors (Lipinski definition) is 3.